The number of aromatic nitrogens is 4. The molecule has 1 atom stereocenters. The van der Waals surface area contributed by atoms with E-state index in [2.05, 4.69) is 20.6 Å². The van der Waals surface area contributed by atoms with E-state index >= 15 is 0 Å². The van der Waals surface area contributed by atoms with Crippen molar-refractivity contribution < 1.29 is 9.32 Å². The van der Waals surface area contributed by atoms with Gasteiger partial charge >= 0.3 is 0 Å². The minimum absolute atomic E-state index is 0.220. The minimum atomic E-state index is -0.349. The summed E-state index contributed by atoms with van der Waals surface area (Å²) in [5, 5.41) is 10.7. The first-order chi connectivity index (χ1) is 8.97. The first-order valence-electron chi connectivity index (χ1n) is 6.13. The maximum Gasteiger partial charge on any atom is 0.272 e. The molecule has 19 heavy (non-hydrogen) atoms. The van der Waals surface area contributed by atoms with Crippen molar-refractivity contribution in [3.63, 3.8) is 0 Å². The molecule has 2 heterocycles. The summed E-state index contributed by atoms with van der Waals surface area (Å²) >= 11 is 0. The van der Waals surface area contributed by atoms with Crippen LogP contribution in [-0.4, -0.2) is 25.8 Å². The maximum atomic E-state index is 12.0. The van der Waals surface area contributed by atoms with E-state index in [1.54, 1.807) is 30.8 Å². The molecule has 0 spiro atoms. The van der Waals surface area contributed by atoms with E-state index in [4.69, 9.17) is 4.52 Å². The third kappa shape index (κ3) is 2.98. The molecule has 0 aromatic carbocycles. The molecule has 7 heteroatoms. The standard InChI is InChI=1S/C12H17N5O2/c1-7(2)17-6-5-10(15-17)11(18)13-8(3)12-14-9(4)16-19-12/h5-8H,1-4H3,(H,13,18). The molecule has 0 aliphatic carbocycles. The topological polar surface area (TPSA) is 85.8 Å². The van der Waals surface area contributed by atoms with Crippen molar-refractivity contribution in [3.8, 4) is 0 Å². The number of hydrogen-bond donors (Lipinski definition) is 1. The van der Waals surface area contributed by atoms with Crippen molar-refractivity contribution in [2.24, 2.45) is 0 Å². The van der Waals surface area contributed by atoms with Gasteiger partial charge in [0, 0.05) is 12.2 Å². The second kappa shape index (κ2) is 5.21. The minimum Gasteiger partial charge on any atom is -0.339 e. The lowest BCUT2D eigenvalue weighted by molar-refractivity contribution is 0.0926. The van der Waals surface area contributed by atoms with E-state index < -0.39 is 0 Å². The Balaban J connectivity index is 2.04. The number of carbonyl (C=O) groups excluding carboxylic acids is 1. The number of rotatable bonds is 4. The lowest BCUT2D eigenvalue weighted by Gasteiger charge is -2.08. The third-order valence-electron chi connectivity index (χ3n) is 2.63. The average Bonchev–Trinajstić information content (AvgIpc) is 2.96. The van der Waals surface area contributed by atoms with Crippen LogP contribution in [-0.2, 0) is 0 Å². The van der Waals surface area contributed by atoms with Gasteiger partial charge in [-0.3, -0.25) is 9.48 Å². The number of nitrogens with zero attached hydrogens (tertiary/aromatic N) is 4. The summed E-state index contributed by atoms with van der Waals surface area (Å²) in [6, 6.07) is 1.55. The SMILES string of the molecule is Cc1noc(C(C)NC(=O)c2ccn(C(C)C)n2)n1. The summed E-state index contributed by atoms with van der Waals surface area (Å²) in [6.07, 6.45) is 1.78. The molecular formula is C12H17N5O2. The highest BCUT2D eigenvalue weighted by Crippen LogP contribution is 2.10. The summed E-state index contributed by atoms with van der Waals surface area (Å²) in [5.41, 5.74) is 0.372. The van der Waals surface area contributed by atoms with E-state index in [1.807, 2.05) is 13.8 Å². The Kier molecular flexibility index (Phi) is 3.64. The fraction of sp³-hybridized carbons (Fsp3) is 0.500. The van der Waals surface area contributed by atoms with Crippen LogP contribution in [0.3, 0.4) is 0 Å². The molecule has 0 aliphatic rings. The van der Waals surface area contributed by atoms with E-state index in [0.717, 1.165) is 0 Å². The van der Waals surface area contributed by atoms with Crippen LogP contribution in [0.5, 0.6) is 0 Å². The number of carbonyl (C=O) groups is 1. The van der Waals surface area contributed by atoms with Crippen LogP contribution in [0.1, 0.15) is 55.1 Å². The Morgan fingerprint density at radius 1 is 1.42 bits per heavy atom. The van der Waals surface area contributed by atoms with Gasteiger partial charge in [0.15, 0.2) is 5.82 Å². The highest BCUT2D eigenvalue weighted by atomic mass is 16.5. The number of aryl methyl sites for hydroxylation is 1. The van der Waals surface area contributed by atoms with Crippen molar-refractivity contribution in [1.29, 1.82) is 0 Å². The zero-order valence-electron chi connectivity index (χ0n) is 11.4. The molecule has 1 unspecified atom stereocenters. The Morgan fingerprint density at radius 3 is 2.68 bits per heavy atom. The van der Waals surface area contributed by atoms with Gasteiger partial charge in [0.05, 0.1) is 0 Å². The molecule has 7 nitrogen and oxygen atoms in total. The molecule has 1 amide bonds. The molecule has 0 bridgehead atoms. The second-order valence-corrected chi connectivity index (χ2v) is 4.65. The third-order valence-corrected chi connectivity index (χ3v) is 2.63. The molecule has 2 aromatic heterocycles. The van der Waals surface area contributed by atoms with Crippen LogP contribution in [0.25, 0.3) is 0 Å². The molecule has 0 fully saturated rings. The number of hydrogen-bond acceptors (Lipinski definition) is 5. The van der Waals surface area contributed by atoms with Crippen molar-refractivity contribution in [1.82, 2.24) is 25.2 Å². The first-order valence-corrected chi connectivity index (χ1v) is 6.13. The molecule has 0 saturated heterocycles. The summed E-state index contributed by atoms with van der Waals surface area (Å²) in [5.74, 6) is 0.664. The molecule has 1 N–H and O–H groups in total. The molecule has 2 rings (SSSR count). The van der Waals surface area contributed by atoms with Gasteiger partial charge in [-0.05, 0) is 33.8 Å². The Labute approximate surface area is 111 Å². The van der Waals surface area contributed by atoms with Crippen LogP contribution in [0.4, 0.5) is 0 Å². The fourth-order valence-electron chi connectivity index (χ4n) is 1.57. The fourth-order valence-corrected chi connectivity index (χ4v) is 1.57. The van der Waals surface area contributed by atoms with Crippen LogP contribution in [0, 0.1) is 6.92 Å². The van der Waals surface area contributed by atoms with Gasteiger partial charge in [0.25, 0.3) is 5.91 Å². The summed E-state index contributed by atoms with van der Waals surface area (Å²) < 4.78 is 6.74. The smallest absolute Gasteiger partial charge is 0.272 e. The summed E-state index contributed by atoms with van der Waals surface area (Å²) in [6.45, 7) is 7.51. The van der Waals surface area contributed by atoms with Crippen molar-refractivity contribution in [2.45, 2.75) is 39.8 Å². The van der Waals surface area contributed by atoms with Gasteiger partial charge in [-0.2, -0.15) is 10.1 Å². The molecule has 0 aliphatic heterocycles. The van der Waals surface area contributed by atoms with Crippen molar-refractivity contribution >= 4 is 5.91 Å². The van der Waals surface area contributed by atoms with E-state index in [-0.39, 0.29) is 18.0 Å². The maximum absolute atomic E-state index is 12.0. The average molecular weight is 263 g/mol. The highest BCUT2D eigenvalue weighted by molar-refractivity contribution is 5.92. The van der Waals surface area contributed by atoms with Crippen molar-refractivity contribution in [2.75, 3.05) is 0 Å². The van der Waals surface area contributed by atoms with Gasteiger partial charge < -0.3 is 9.84 Å². The number of amides is 1. The quantitative estimate of drug-likeness (QED) is 0.906. The van der Waals surface area contributed by atoms with E-state index in [9.17, 15) is 4.79 Å². The molecule has 102 valence electrons. The van der Waals surface area contributed by atoms with E-state index in [1.165, 1.54) is 0 Å². The first kappa shape index (κ1) is 13.3. The predicted octanol–water partition coefficient (Wildman–Crippen LogP) is 1.65. The normalized spacial score (nSPS) is 12.7. The van der Waals surface area contributed by atoms with Gasteiger partial charge in [-0.15, -0.1) is 0 Å². The lowest BCUT2D eigenvalue weighted by Crippen LogP contribution is -2.27. The van der Waals surface area contributed by atoms with E-state index in [0.29, 0.717) is 17.4 Å². The van der Waals surface area contributed by atoms with Crippen LogP contribution in [0.15, 0.2) is 16.8 Å². The molecule has 2 aromatic rings. The zero-order valence-corrected chi connectivity index (χ0v) is 11.4. The number of nitrogens with one attached hydrogen (secondary N) is 1. The highest BCUT2D eigenvalue weighted by Gasteiger charge is 2.18. The van der Waals surface area contributed by atoms with Crippen LogP contribution >= 0.6 is 0 Å². The summed E-state index contributed by atoms with van der Waals surface area (Å²) in [4.78, 5) is 16.1. The monoisotopic (exact) mass is 263 g/mol. The Bertz CT molecular complexity index is 572. The molecular weight excluding hydrogens is 246 g/mol. The summed E-state index contributed by atoms with van der Waals surface area (Å²) in [7, 11) is 0. The van der Waals surface area contributed by atoms with Crippen LogP contribution < -0.4 is 5.32 Å². The van der Waals surface area contributed by atoms with Gasteiger partial charge in [-0.1, -0.05) is 5.16 Å². The van der Waals surface area contributed by atoms with Gasteiger partial charge in [0.2, 0.25) is 5.89 Å². The Morgan fingerprint density at radius 2 is 2.16 bits per heavy atom. The van der Waals surface area contributed by atoms with Crippen molar-refractivity contribution in [3.05, 3.63) is 29.7 Å². The second-order valence-electron chi connectivity index (χ2n) is 4.65. The van der Waals surface area contributed by atoms with Gasteiger partial charge in [-0.25, -0.2) is 0 Å². The lowest BCUT2D eigenvalue weighted by atomic mass is 10.3. The van der Waals surface area contributed by atoms with Crippen LogP contribution in [0.2, 0.25) is 0 Å². The molecule has 0 saturated carbocycles. The van der Waals surface area contributed by atoms with Gasteiger partial charge in [0.1, 0.15) is 11.7 Å². The Hall–Kier alpha value is -2.18. The zero-order chi connectivity index (χ0) is 14.0. The molecule has 0 radical (unpaired) electrons. The largest absolute Gasteiger partial charge is 0.339 e. The predicted molar refractivity (Wildman–Crippen MR) is 67.5 cm³/mol.